The van der Waals surface area contributed by atoms with Gasteiger partial charge in [0.2, 0.25) is 0 Å². The van der Waals surface area contributed by atoms with E-state index < -0.39 is 5.97 Å². The molecule has 2 aliphatic heterocycles. The highest BCUT2D eigenvalue weighted by Crippen LogP contribution is 2.20. The largest absolute Gasteiger partial charge is 0.480 e. The smallest absolute Gasteiger partial charge is 0.329 e. The number of carbonyl (C=O) groups is 1. The van der Waals surface area contributed by atoms with Crippen LogP contribution in [0.15, 0.2) is 59.0 Å². The fourth-order valence-electron chi connectivity index (χ4n) is 4.13. The predicted molar refractivity (Wildman–Crippen MR) is 129 cm³/mol. The molecule has 0 bridgehead atoms. The van der Waals surface area contributed by atoms with Crippen molar-refractivity contribution in [3.8, 4) is 0 Å². The van der Waals surface area contributed by atoms with Crippen molar-refractivity contribution in [2.75, 3.05) is 32.8 Å². The van der Waals surface area contributed by atoms with Gasteiger partial charge in [0, 0.05) is 45.0 Å². The fourth-order valence-corrected chi connectivity index (χ4v) is 4.13. The number of ether oxygens (including phenoxy) is 1. The number of oxime groups is 1. The summed E-state index contributed by atoms with van der Waals surface area (Å²) in [4.78, 5) is 22.7. The van der Waals surface area contributed by atoms with E-state index in [1.54, 1.807) is 12.4 Å². The Morgan fingerprint density at radius 1 is 1.21 bits per heavy atom. The Kier molecular flexibility index (Phi) is 8.59. The van der Waals surface area contributed by atoms with Gasteiger partial charge in [-0.1, -0.05) is 29.4 Å². The minimum atomic E-state index is -0.916. The third-order valence-corrected chi connectivity index (χ3v) is 6.00. The Bertz CT molecular complexity index is 973. The first-order valence-electron chi connectivity index (χ1n) is 11.7. The van der Waals surface area contributed by atoms with Crippen molar-refractivity contribution in [3.05, 3.63) is 65.5 Å². The zero-order valence-electron chi connectivity index (χ0n) is 19.2. The molecule has 34 heavy (non-hydrogen) atoms. The summed E-state index contributed by atoms with van der Waals surface area (Å²) in [5, 5.41) is 17.3. The second kappa shape index (κ2) is 12.2. The highest BCUT2D eigenvalue weighted by atomic mass is 16.6. The molecule has 1 atom stereocenters. The van der Waals surface area contributed by atoms with Crippen LogP contribution in [-0.4, -0.2) is 77.9 Å². The number of rotatable bonds is 11. The van der Waals surface area contributed by atoms with E-state index in [-0.39, 0.29) is 18.8 Å². The molecule has 0 aliphatic carbocycles. The van der Waals surface area contributed by atoms with Gasteiger partial charge in [0.1, 0.15) is 12.7 Å². The number of hydrogen-bond donors (Lipinski definition) is 2. The van der Waals surface area contributed by atoms with Crippen LogP contribution in [0, 0.1) is 0 Å². The average molecular weight is 466 g/mol. The van der Waals surface area contributed by atoms with Gasteiger partial charge >= 0.3 is 5.97 Å². The first-order valence-corrected chi connectivity index (χ1v) is 11.7. The summed E-state index contributed by atoms with van der Waals surface area (Å²) in [6.45, 7) is 3.12. The number of likely N-dealkylation sites (tertiary alicyclic amines) is 1. The molecule has 3 heterocycles. The zero-order valence-corrected chi connectivity index (χ0v) is 19.2. The number of nitrogens with zero attached hydrogens (tertiary/aromatic N) is 4. The van der Waals surface area contributed by atoms with Crippen LogP contribution in [0.4, 0.5) is 0 Å². The van der Waals surface area contributed by atoms with E-state index in [0.717, 1.165) is 68.7 Å². The van der Waals surface area contributed by atoms with Gasteiger partial charge in [-0.2, -0.15) is 5.10 Å². The number of aliphatic carboxylic acids is 1. The highest BCUT2D eigenvalue weighted by Gasteiger charge is 2.27. The van der Waals surface area contributed by atoms with Crippen LogP contribution < -0.4 is 5.43 Å². The number of carboxylic acid groups (broad SMARTS) is 1. The van der Waals surface area contributed by atoms with Crippen LogP contribution in [0.1, 0.15) is 36.0 Å². The molecule has 9 heteroatoms. The molecule has 2 aromatic rings. The molecule has 180 valence electrons. The Balaban J connectivity index is 1.15. The molecule has 1 aromatic heterocycles. The van der Waals surface area contributed by atoms with E-state index in [4.69, 9.17) is 14.7 Å². The number of piperidine rings is 1. The Hall–Kier alpha value is -3.30. The number of nitrogens with one attached hydrogen (secondary N) is 1. The first kappa shape index (κ1) is 23.8. The SMILES string of the molecule is O=C(O)COC1CCN(CC2CC(c3ccc(C=NNCCc4ccncc4)cc3)=NO2)CC1. The van der Waals surface area contributed by atoms with E-state index in [1.165, 1.54) is 5.56 Å². The topological polar surface area (TPSA) is 109 Å². The molecule has 0 spiro atoms. The number of pyridine rings is 1. The van der Waals surface area contributed by atoms with Gasteiger partial charge < -0.3 is 20.1 Å². The minimum Gasteiger partial charge on any atom is -0.480 e. The Morgan fingerprint density at radius 2 is 1.97 bits per heavy atom. The van der Waals surface area contributed by atoms with Gasteiger partial charge in [-0.3, -0.25) is 9.88 Å². The molecule has 1 saturated heterocycles. The lowest BCUT2D eigenvalue weighted by Gasteiger charge is -2.32. The van der Waals surface area contributed by atoms with Crippen molar-refractivity contribution in [2.45, 2.75) is 37.9 Å². The van der Waals surface area contributed by atoms with Crippen molar-refractivity contribution in [1.82, 2.24) is 15.3 Å². The molecule has 0 amide bonds. The monoisotopic (exact) mass is 465 g/mol. The molecule has 2 N–H and O–H groups in total. The van der Waals surface area contributed by atoms with E-state index >= 15 is 0 Å². The van der Waals surface area contributed by atoms with E-state index in [9.17, 15) is 4.79 Å². The summed E-state index contributed by atoms with van der Waals surface area (Å²) in [6, 6.07) is 12.2. The Labute approximate surface area is 199 Å². The van der Waals surface area contributed by atoms with Crippen LogP contribution in [0.3, 0.4) is 0 Å². The summed E-state index contributed by atoms with van der Waals surface area (Å²) in [5.41, 5.74) is 7.35. The maximum absolute atomic E-state index is 10.6. The van der Waals surface area contributed by atoms with E-state index in [0.29, 0.717) is 0 Å². The van der Waals surface area contributed by atoms with Crippen LogP contribution in [0.5, 0.6) is 0 Å². The number of benzene rings is 1. The van der Waals surface area contributed by atoms with Crippen LogP contribution in [0.25, 0.3) is 0 Å². The van der Waals surface area contributed by atoms with Crippen molar-refractivity contribution in [1.29, 1.82) is 0 Å². The molecule has 4 rings (SSSR count). The number of aromatic nitrogens is 1. The van der Waals surface area contributed by atoms with Gasteiger partial charge in [-0.25, -0.2) is 4.79 Å². The summed E-state index contributed by atoms with van der Waals surface area (Å²) in [7, 11) is 0. The summed E-state index contributed by atoms with van der Waals surface area (Å²) < 4.78 is 5.41. The lowest BCUT2D eigenvalue weighted by atomic mass is 10.0. The molecule has 1 fully saturated rings. The van der Waals surface area contributed by atoms with E-state index in [2.05, 4.69) is 25.6 Å². The van der Waals surface area contributed by atoms with Crippen LogP contribution in [0.2, 0.25) is 0 Å². The minimum absolute atomic E-state index is 0.0299. The van der Waals surface area contributed by atoms with Gasteiger partial charge in [-0.15, -0.1) is 0 Å². The Morgan fingerprint density at radius 3 is 2.71 bits per heavy atom. The molecule has 1 unspecified atom stereocenters. The lowest BCUT2D eigenvalue weighted by molar-refractivity contribution is -0.145. The lowest BCUT2D eigenvalue weighted by Crippen LogP contribution is -2.41. The predicted octanol–water partition coefficient (Wildman–Crippen LogP) is 2.31. The van der Waals surface area contributed by atoms with E-state index in [1.807, 2.05) is 42.6 Å². The third kappa shape index (κ3) is 7.36. The third-order valence-electron chi connectivity index (χ3n) is 6.00. The van der Waals surface area contributed by atoms with Crippen LogP contribution in [-0.2, 0) is 20.8 Å². The highest BCUT2D eigenvalue weighted by molar-refractivity contribution is 6.01. The fraction of sp³-hybridized carbons (Fsp3) is 0.440. The zero-order chi connectivity index (χ0) is 23.6. The van der Waals surface area contributed by atoms with Gasteiger partial charge in [0.15, 0.2) is 0 Å². The normalized spacial score (nSPS) is 19.2. The standard InChI is InChI=1S/C25H31N5O4/c31-25(32)18-33-22-8-13-30(14-9-22)17-23-15-24(29-34-23)21-3-1-20(2-4-21)16-28-27-12-7-19-5-10-26-11-6-19/h1-6,10-11,16,22-23,27H,7-9,12-15,17-18H2,(H,31,32). The molecular formula is C25H31N5O4. The number of hydrazone groups is 1. The maximum atomic E-state index is 10.6. The van der Waals surface area contributed by atoms with Crippen molar-refractivity contribution < 1.29 is 19.5 Å². The summed E-state index contributed by atoms with van der Waals surface area (Å²) in [6.07, 6.45) is 8.84. The molecular weight excluding hydrogens is 434 g/mol. The molecule has 9 nitrogen and oxygen atoms in total. The molecule has 0 saturated carbocycles. The second-order valence-electron chi connectivity index (χ2n) is 8.57. The first-order chi connectivity index (χ1) is 16.7. The molecule has 0 radical (unpaired) electrons. The van der Waals surface area contributed by atoms with Crippen LogP contribution >= 0.6 is 0 Å². The maximum Gasteiger partial charge on any atom is 0.329 e. The van der Waals surface area contributed by atoms with Gasteiger partial charge in [0.05, 0.1) is 18.0 Å². The molecule has 2 aliphatic rings. The van der Waals surface area contributed by atoms with Gasteiger partial charge in [0.25, 0.3) is 0 Å². The van der Waals surface area contributed by atoms with Crippen molar-refractivity contribution >= 4 is 17.9 Å². The number of hydrogen-bond acceptors (Lipinski definition) is 8. The average Bonchev–Trinajstić information content (AvgIpc) is 3.33. The number of carboxylic acids is 1. The second-order valence-corrected chi connectivity index (χ2v) is 8.57. The summed E-state index contributed by atoms with van der Waals surface area (Å²) in [5.74, 6) is -0.916. The van der Waals surface area contributed by atoms with Crippen molar-refractivity contribution in [2.24, 2.45) is 10.3 Å². The van der Waals surface area contributed by atoms with Gasteiger partial charge in [-0.05, 0) is 48.1 Å². The summed E-state index contributed by atoms with van der Waals surface area (Å²) >= 11 is 0. The molecule has 1 aromatic carbocycles. The quantitative estimate of drug-likeness (QED) is 0.298. The van der Waals surface area contributed by atoms with Crippen molar-refractivity contribution in [3.63, 3.8) is 0 Å².